The molecule has 7 nitrogen and oxygen atoms in total. The Balaban J connectivity index is 1.94. The molecule has 0 bridgehead atoms. The van der Waals surface area contributed by atoms with Gasteiger partial charge in [0.15, 0.2) is 22.8 Å². The van der Waals surface area contributed by atoms with Gasteiger partial charge in [-0.1, -0.05) is 29.8 Å². The summed E-state index contributed by atoms with van der Waals surface area (Å²) in [6.07, 6.45) is 0.520. The van der Waals surface area contributed by atoms with E-state index in [2.05, 4.69) is 10.3 Å². The van der Waals surface area contributed by atoms with Gasteiger partial charge in [0.1, 0.15) is 0 Å². The molecule has 9 heteroatoms. The van der Waals surface area contributed by atoms with Gasteiger partial charge >= 0.3 is 5.97 Å². The summed E-state index contributed by atoms with van der Waals surface area (Å²) in [4.78, 5) is 28.5. The average molecular weight is 447 g/mol. The molecule has 0 saturated carbocycles. The van der Waals surface area contributed by atoms with Gasteiger partial charge in [0.2, 0.25) is 0 Å². The molecule has 1 saturated heterocycles. The van der Waals surface area contributed by atoms with Gasteiger partial charge in [0.05, 0.1) is 17.7 Å². The number of aliphatic imine (C=N–C) groups is 1. The minimum atomic E-state index is -1.11. The number of amidine groups is 1. The fraction of sp³-hybridized carbons (Fsp3) is 0.190. The lowest BCUT2D eigenvalue weighted by Crippen LogP contribution is -2.23. The molecular formula is C21H19ClN2O5S. The minimum Gasteiger partial charge on any atom is -0.493 e. The number of amides is 1. The van der Waals surface area contributed by atoms with Crippen molar-refractivity contribution in [3.8, 4) is 11.5 Å². The molecule has 0 aliphatic carbocycles. The van der Waals surface area contributed by atoms with Crippen LogP contribution < -0.4 is 14.8 Å². The van der Waals surface area contributed by atoms with E-state index in [1.807, 2.05) is 13.0 Å². The van der Waals surface area contributed by atoms with Crippen LogP contribution in [0.25, 0.3) is 6.08 Å². The van der Waals surface area contributed by atoms with Crippen LogP contribution in [0.3, 0.4) is 0 Å². The second-order valence-electron chi connectivity index (χ2n) is 6.34. The number of methoxy groups -OCH3 is 1. The number of hydrogen-bond acceptors (Lipinski definition) is 6. The van der Waals surface area contributed by atoms with Crippen LogP contribution in [0.4, 0.5) is 5.69 Å². The number of carboxylic acid groups (broad SMARTS) is 1. The van der Waals surface area contributed by atoms with Crippen LogP contribution in [0, 0.1) is 6.92 Å². The first kappa shape index (κ1) is 21.7. The maximum absolute atomic E-state index is 12.5. The van der Waals surface area contributed by atoms with Gasteiger partial charge in [-0.25, -0.2) is 9.79 Å². The fourth-order valence-corrected chi connectivity index (χ4v) is 3.60. The molecule has 2 N–H and O–H groups in total. The molecule has 156 valence electrons. The number of rotatable bonds is 6. The molecule has 0 unspecified atom stereocenters. The van der Waals surface area contributed by atoms with Crippen molar-refractivity contribution in [2.45, 2.75) is 20.0 Å². The Bertz CT molecular complexity index is 1070. The topological polar surface area (TPSA) is 97.2 Å². The summed E-state index contributed by atoms with van der Waals surface area (Å²) in [5.41, 5.74) is 1.98. The fourth-order valence-electron chi connectivity index (χ4n) is 2.61. The van der Waals surface area contributed by atoms with E-state index in [1.165, 1.54) is 25.8 Å². The Hall–Kier alpha value is -2.97. The zero-order valence-electron chi connectivity index (χ0n) is 16.4. The standard InChI is InChI=1S/C21H19ClN2O5S/c1-11-14(22)7-5-8-15(11)23-21-24-19(25)17(30-21)10-13-6-4-9-16(28-3)18(13)29-12(2)20(26)27/h4-10,12H,1-3H3,(H,26,27)(H,23,24,25)/b17-10-/t12-/m0/s1. The van der Waals surface area contributed by atoms with E-state index >= 15 is 0 Å². The molecule has 1 aliphatic heterocycles. The SMILES string of the molecule is COc1cccc(/C=C2\SC(=Nc3cccc(Cl)c3C)NC2=O)c1O[C@@H](C)C(=O)O. The first-order valence-corrected chi connectivity index (χ1v) is 10.1. The highest BCUT2D eigenvalue weighted by molar-refractivity contribution is 8.18. The Morgan fingerprint density at radius 2 is 2.03 bits per heavy atom. The number of hydrogen-bond donors (Lipinski definition) is 2. The number of ether oxygens (including phenoxy) is 2. The van der Waals surface area contributed by atoms with Gasteiger partial charge in [0, 0.05) is 10.6 Å². The Labute approximate surface area is 182 Å². The lowest BCUT2D eigenvalue weighted by molar-refractivity contribution is -0.144. The number of carbonyl (C=O) groups is 2. The first-order chi connectivity index (χ1) is 14.3. The maximum atomic E-state index is 12.5. The zero-order valence-corrected chi connectivity index (χ0v) is 18.0. The van der Waals surface area contributed by atoms with Gasteiger partial charge in [-0.05, 0) is 55.4 Å². The highest BCUT2D eigenvalue weighted by Gasteiger charge is 2.26. The normalized spacial score (nSPS) is 17.1. The van der Waals surface area contributed by atoms with E-state index in [4.69, 9.17) is 26.2 Å². The number of nitrogens with one attached hydrogen (secondary N) is 1. The van der Waals surface area contributed by atoms with Crippen molar-refractivity contribution in [3.05, 3.63) is 57.5 Å². The summed E-state index contributed by atoms with van der Waals surface area (Å²) < 4.78 is 10.9. The second kappa shape index (κ2) is 9.23. The van der Waals surface area contributed by atoms with Crippen LogP contribution in [0.1, 0.15) is 18.1 Å². The van der Waals surface area contributed by atoms with Gasteiger partial charge in [-0.15, -0.1) is 0 Å². The van der Waals surface area contributed by atoms with Crippen LogP contribution in [0.2, 0.25) is 5.02 Å². The van der Waals surface area contributed by atoms with Gasteiger partial charge in [-0.3, -0.25) is 4.79 Å². The Kier molecular flexibility index (Phi) is 6.69. The van der Waals surface area contributed by atoms with Crippen LogP contribution in [0.5, 0.6) is 11.5 Å². The molecule has 3 rings (SSSR count). The van der Waals surface area contributed by atoms with Crippen molar-refractivity contribution < 1.29 is 24.2 Å². The van der Waals surface area contributed by atoms with Crippen molar-refractivity contribution in [1.82, 2.24) is 5.32 Å². The van der Waals surface area contributed by atoms with Crippen molar-refractivity contribution in [1.29, 1.82) is 0 Å². The minimum absolute atomic E-state index is 0.242. The van der Waals surface area contributed by atoms with E-state index in [0.717, 1.165) is 5.56 Å². The Morgan fingerprint density at radius 3 is 2.73 bits per heavy atom. The van der Waals surface area contributed by atoms with Gasteiger partial charge in [-0.2, -0.15) is 0 Å². The van der Waals surface area contributed by atoms with Crippen LogP contribution in [-0.2, 0) is 9.59 Å². The highest BCUT2D eigenvalue weighted by atomic mass is 35.5. The van der Waals surface area contributed by atoms with Crippen LogP contribution in [0.15, 0.2) is 46.3 Å². The molecule has 2 aromatic rings. The molecular weight excluding hydrogens is 428 g/mol. The molecule has 1 amide bonds. The number of aliphatic carboxylic acids is 1. The van der Waals surface area contributed by atoms with Crippen molar-refractivity contribution >= 4 is 52.2 Å². The van der Waals surface area contributed by atoms with E-state index in [-0.39, 0.29) is 11.7 Å². The van der Waals surface area contributed by atoms with Crippen molar-refractivity contribution in [2.75, 3.05) is 7.11 Å². The predicted molar refractivity (Wildman–Crippen MR) is 118 cm³/mol. The first-order valence-electron chi connectivity index (χ1n) is 8.91. The summed E-state index contributed by atoms with van der Waals surface area (Å²) in [5, 5.41) is 12.9. The number of benzene rings is 2. The Morgan fingerprint density at radius 1 is 1.30 bits per heavy atom. The third-order valence-electron chi connectivity index (χ3n) is 4.27. The quantitative estimate of drug-likeness (QED) is 0.638. The summed E-state index contributed by atoms with van der Waals surface area (Å²) in [6.45, 7) is 3.27. The molecule has 0 aromatic heterocycles. The number of carboxylic acids is 1. The number of nitrogens with zero attached hydrogens (tertiary/aromatic N) is 1. The summed E-state index contributed by atoms with van der Waals surface area (Å²) in [6, 6.07) is 10.5. The molecule has 1 heterocycles. The average Bonchev–Trinajstić information content (AvgIpc) is 3.05. The number of halogens is 1. The van der Waals surface area contributed by atoms with Crippen molar-refractivity contribution in [2.24, 2.45) is 4.99 Å². The zero-order chi connectivity index (χ0) is 21.8. The molecule has 0 spiro atoms. The third-order valence-corrected chi connectivity index (χ3v) is 5.59. The van der Waals surface area contributed by atoms with E-state index < -0.39 is 12.1 Å². The molecule has 0 radical (unpaired) electrons. The maximum Gasteiger partial charge on any atom is 0.344 e. The number of thioether (sulfide) groups is 1. The summed E-state index contributed by atoms with van der Waals surface area (Å²) in [5.74, 6) is -0.825. The summed E-state index contributed by atoms with van der Waals surface area (Å²) in [7, 11) is 1.46. The van der Waals surface area contributed by atoms with E-state index in [9.17, 15) is 9.59 Å². The smallest absolute Gasteiger partial charge is 0.344 e. The lowest BCUT2D eigenvalue weighted by Gasteiger charge is -2.16. The van der Waals surface area contributed by atoms with E-state index in [0.29, 0.717) is 32.1 Å². The molecule has 1 atom stereocenters. The molecule has 2 aromatic carbocycles. The highest BCUT2D eigenvalue weighted by Crippen LogP contribution is 2.36. The monoisotopic (exact) mass is 446 g/mol. The second-order valence-corrected chi connectivity index (χ2v) is 7.78. The van der Waals surface area contributed by atoms with E-state index in [1.54, 1.807) is 36.4 Å². The largest absolute Gasteiger partial charge is 0.493 e. The summed E-state index contributed by atoms with van der Waals surface area (Å²) >= 11 is 7.30. The van der Waals surface area contributed by atoms with Crippen LogP contribution >= 0.6 is 23.4 Å². The molecule has 1 fully saturated rings. The number of carbonyl (C=O) groups excluding carboxylic acids is 1. The number of para-hydroxylation sites is 1. The molecule has 1 aliphatic rings. The lowest BCUT2D eigenvalue weighted by atomic mass is 10.1. The predicted octanol–water partition coefficient (Wildman–Crippen LogP) is 4.40. The third kappa shape index (κ3) is 4.77. The van der Waals surface area contributed by atoms with Gasteiger partial charge in [0.25, 0.3) is 5.91 Å². The van der Waals surface area contributed by atoms with Crippen molar-refractivity contribution in [3.63, 3.8) is 0 Å². The van der Waals surface area contributed by atoms with Crippen LogP contribution in [-0.4, -0.2) is 35.4 Å². The molecule has 30 heavy (non-hydrogen) atoms. The van der Waals surface area contributed by atoms with Gasteiger partial charge < -0.3 is 19.9 Å².